The lowest BCUT2D eigenvalue weighted by Gasteiger charge is -2.54. The van der Waals surface area contributed by atoms with E-state index < -0.39 is 0 Å². The monoisotopic (exact) mass is 358 g/mol. The van der Waals surface area contributed by atoms with E-state index in [1.54, 1.807) is 12.1 Å². The van der Waals surface area contributed by atoms with Crippen molar-refractivity contribution in [1.29, 1.82) is 0 Å². The maximum absolute atomic E-state index is 12.4. The van der Waals surface area contributed by atoms with Crippen LogP contribution in [0.15, 0.2) is 24.3 Å². The topological polar surface area (TPSA) is 50.4 Å². The number of thiocarbonyl (C=S) groups is 1. The molecule has 0 radical (unpaired) electrons. The summed E-state index contributed by atoms with van der Waals surface area (Å²) >= 11 is 5.43. The summed E-state index contributed by atoms with van der Waals surface area (Å²) in [7, 11) is 0. The van der Waals surface area contributed by atoms with Gasteiger partial charge in [0, 0.05) is 11.6 Å². The molecule has 0 atom stereocenters. The molecule has 4 fully saturated rings. The summed E-state index contributed by atoms with van der Waals surface area (Å²) in [5.41, 5.74) is 0.595. The van der Waals surface area contributed by atoms with Crippen LogP contribution in [0.25, 0.3) is 0 Å². The minimum atomic E-state index is -0.163. The van der Waals surface area contributed by atoms with Crippen LogP contribution < -0.4 is 15.4 Å². The van der Waals surface area contributed by atoms with Crippen LogP contribution in [0.3, 0.4) is 0 Å². The second kappa shape index (κ2) is 6.94. The van der Waals surface area contributed by atoms with Crippen molar-refractivity contribution >= 4 is 23.2 Å². The molecule has 1 amide bonds. The van der Waals surface area contributed by atoms with Gasteiger partial charge in [0.05, 0.1) is 6.61 Å². The van der Waals surface area contributed by atoms with Gasteiger partial charge >= 0.3 is 0 Å². The number of hydrogen-bond acceptors (Lipinski definition) is 3. The predicted octanol–water partition coefficient (Wildman–Crippen LogP) is 3.51. The third kappa shape index (κ3) is 3.52. The Morgan fingerprint density at radius 3 is 2.24 bits per heavy atom. The highest BCUT2D eigenvalue weighted by Gasteiger charge is 2.48. The minimum absolute atomic E-state index is 0.163. The maximum Gasteiger partial charge on any atom is 0.257 e. The van der Waals surface area contributed by atoms with Gasteiger partial charge in [-0.2, -0.15) is 0 Å². The van der Waals surface area contributed by atoms with E-state index in [0.717, 1.165) is 29.4 Å². The minimum Gasteiger partial charge on any atom is -0.494 e. The summed E-state index contributed by atoms with van der Waals surface area (Å²) < 4.78 is 5.41. The Labute approximate surface area is 154 Å². The standard InChI is InChI=1S/C20H26N2O2S/c1-2-24-17-5-3-14(4-6-17)19(23)22-20(25)21-18-15-8-12-7-13(10-15)11-16(18)9-12/h3-6,12-13,15-16,18H,2,7-11H2,1H3,(H2,21,22,23,25). The highest BCUT2D eigenvalue weighted by Crippen LogP contribution is 2.53. The van der Waals surface area contributed by atoms with Crippen LogP contribution in [0.5, 0.6) is 5.75 Å². The van der Waals surface area contributed by atoms with Crippen molar-refractivity contribution in [3.8, 4) is 5.75 Å². The van der Waals surface area contributed by atoms with E-state index in [4.69, 9.17) is 17.0 Å². The van der Waals surface area contributed by atoms with E-state index >= 15 is 0 Å². The van der Waals surface area contributed by atoms with Crippen LogP contribution in [0.1, 0.15) is 49.4 Å². The number of nitrogens with one attached hydrogen (secondary N) is 2. The molecule has 4 aliphatic carbocycles. The van der Waals surface area contributed by atoms with Gasteiger partial charge in [-0.25, -0.2) is 0 Å². The molecular formula is C20H26N2O2S. The first-order valence-electron chi connectivity index (χ1n) is 9.47. The van der Waals surface area contributed by atoms with E-state index in [1.165, 1.54) is 32.1 Å². The number of rotatable bonds is 4. The SMILES string of the molecule is CCOc1ccc(C(=O)NC(=S)NC2C3CC4CC(C3)CC2C4)cc1. The lowest BCUT2D eigenvalue weighted by molar-refractivity contribution is -0.00692. The molecule has 0 spiro atoms. The molecule has 0 aliphatic heterocycles. The van der Waals surface area contributed by atoms with Gasteiger partial charge in [-0.15, -0.1) is 0 Å². The maximum atomic E-state index is 12.4. The Morgan fingerprint density at radius 1 is 1.08 bits per heavy atom. The summed E-state index contributed by atoms with van der Waals surface area (Å²) in [5, 5.41) is 6.79. The van der Waals surface area contributed by atoms with Crippen molar-refractivity contribution in [3.63, 3.8) is 0 Å². The second-order valence-electron chi connectivity index (χ2n) is 7.84. The zero-order valence-corrected chi connectivity index (χ0v) is 15.5. The fourth-order valence-corrected chi connectivity index (χ4v) is 5.62. The van der Waals surface area contributed by atoms with E-state index in [2.05, 4.69) is 10.6 Å². The van der Waals surface area contributed by atoms with Crippen molar-refractivity contribution in [2.45, 2.75) is 45.1 Å². The van der Waals surface area contributed by atoms with Crippen molar-refractivity contribution in [2.75, 3.05) is 6.61 Å². The molecule has 25 heavy (non-hydrogen) atoms. The van der Waals surface area contributed by atoms with Crippen molar-refractivity contribution in [1.82, 2.24) is 10.6 Å². The number of ether oxygens (including phenoxy) is 1. The lowest BCUT2D eigenvalue weighted by atomic mass is 9.54. The van der Waals surface area contributed by atoms with E-state index in [9.17, 15) is 4.79 Å². The fraction of sp³-hybridized carbons (Fsp3) is 0.600. The predicted molar refractivity (Wildman–Crippen MR) is 102 cm³/mol. The van der Waals surface area contributed by atoms with Gasteiger partial charge in [-0.3, -0.25) is 10.1 Å². The van der Waals surface area contributed by atoms with Crippen molar-refractivity contribution < 1.29 is 9.53 Å². The molecule has 0 heterocycles. The number of benzene rings is 1. The lowest BCUT2D eigenvalue weighted by Crippen LogP contribution is -2.57. The van der Waals surface area contributed by atoms with Gasteiger partial charge < -0.3 is 10.1 Å². The Balaban J connectivity index is 1.33. The van der Waals surface area contributed by atoms with Crippen LogP contribution in [0.4, 0.5) is 0 Å². The average molecular weight is 359 g/mol. The van der Waals surface area contributed by atoms with Gasteiger partial charge in [-0.1, -0.05) is 0 Å². The molecular weight excluding hydrogens is 332 g/mol. The number of amides is 1. The highest BCUT2D eigenvalue weighted by atomic mass is 32.1. The molecule has 4 saturated carbocycles. The zero-order chi connectivity index (χ0) is 17.4. The van der Waals surface area contributed by atoms with Crippen LogP contribution in [-0.4, -0.2) is 23.7 Å². The number of hydrogen-bond donors (Lipinski definition) is 2. The second-order valence-corrected chi connectivity index (χ2v) is 8.25. The molecule has 1 aromatic rings. The third-order valence-electron chi connectivity index (χ3n) is 6.18. The van der Waals surface area contributed by atoms with Gasteiger partial charge in [0.25, 0.3) is 5.91 Å². The summed E-state index contributed by atoms with van der Waals surface area (Å²) in [6, 6.07) is 7.61. The Bertz CT molecular complexity index is 630. The van der Waals surface area contributed by atoms with E-state index in [0.29, 0.717) is 23.3 Å². The normalized spacial score (nSPS) is 32.3. The van der Waals surface area contributed by atoms with Crippen molar-refractivity contribution in [3.05, 3.63) is 29.8 Å². The first-order valence-corrected chi connectivity index (χ1v) is 9.88. The molecule has 4 aliphatic rings. The largest absolute Gasteiger partial charge is 0.494 e. The highest BCUT2D eigenvalue weighted by molar-refractivity contribution is 7.80. The Kier molecular flexibility index (Phi) is 4.67. The molecule has 0 aromatic heterocycles. The van der Waals surface area contributed by atoms with Gasteiger partial charge in [0.1, 0.15) is 5.75 Å². The molecule has 0 saturated heterocycles. The van der Waals surface area contributed by atoms with Crippen LogP contribution in [0, 0.1) is 23.7 Å². The quantitative estimate of drug-likeness (QED) is 0.809. The number of carbonyl (C=O) groups is 1. The van der Waals surface area contributed by atoms with E-state index in [1.807, 2.05) is 19.1 Å². The third-order valence-corrected chi connectivity index (χ3v) is 6.40. The molecule has 1 aromatic carbocycles. The summed E-state index contributed by atoms with van der Waals surface area (Å²) in [6.07, 6.45) is 6.78. The smallest absolute Gasteiger partial charge is 0.257 e. The molecule has 5 heteroatoms. The molecule has 5 rings (SSSR count). The number of carbonyl (C=O) groups excluding carboxylic acids is 1. The molecule has 2 N–H and O–H groups in total. The van der Waals surface area contributed by atoms with Crippen LogP contribution >= 0.6 is 12.2 Å². The fourth-order valence-electron chi connectivity index (χ4n) is 5.39. The zero-order valence-electron chi connectivity index (χ0n) is 14.7. The molecule has 4 bridgehead atoms. The van der Waals surface area contributed by atoms with E-state index in [-0.39, 0.29) is 5.91 Å². The molecule has 134 valence electrons. The summed E-state index contributed by atoms with van der Waals surface area (Å²) in [5.74, 6) is 3.95. The Hall–Kier alpha value is -1.62. The summed E-state index contributed by atoms with van der Waals surface area (Å²) in [6.45, 7) is 2.56. The van der Waals surface area contributed by atoms with Gasteiger partial charge in [0.2, 0.25) is 0 Å². The molecule has 4 nitrogen and oxygen atoms in total. The van der Waals surface area contributed by atoms with Crippen LogP contribution in [-0.2, 0) is 0 Å². The first kappa shape index (κ1) is 16.8. The van der Waals surface area contributed by atoms with Crippen LogP contribution in [0.2, 0.25) is 0 Å². The van der Waals surface area contributed by atoms with Gasteiger partial charge in [0.15, 0.2) is 5.11 Å². The van der Waals surface area contributed by atoms with Crippen molar-refractivity contribution in [2.24, 2.45) is 23.7 Å². The average Bonchev–Trinajstić information content (AvgIpc) is 2.58. The molecule has 0 unspecified atom stereocenters. The van der Waals surface area contributed by atoms with Gasteiger partial charge in [-0.05, 0) is 99.2 Å². The Morgan fingerprint density at radius 2 is 1.68 bits per heavy atom. The first-order chi connectivity index (χ1) is 12.1. The summed E-state index contributed by atoms with van der Waals surface area (Å²) in [4.78, 5) is 12.4.